The summed E-state index contributed by atoms with van der Waals surface area (Å²) in [5.74, 6) is -0.680. The zero-order valence-electron chi connectivity index (χ0n) is 10.2. The lowest BCUT2D eigenvalue weighted by Crippen LogP contribution is -2.40. The van der Waals surface area contributed by atoms with Gasteiger partial charge in [-0.3, -0.25) is 4.79 Å². The van der Waals surface area contributed by atoms with Gasteiger partial charge in [0.1, 0.15) is 0 Å². The number of hydrogen-bond acceptors (Lipinski definition) is 2. The van der Waals surface area contributed by atoms with Crippen molar-refractivity contribution in [3.8, 4) is 0 Å². The largest absolute Gasteiger partial charge is 0.417 e. The molecule has 0 fully saturated rings. The number of amides is 1. The summed E-state index contributed by atoms with van der Waals surface area (Å²) in [5.41, 5.74) is 4.12. The molecule has 0 heterocycles. The van der Waals surface area contributed by atoms with E-state index in [4.69, 9.17) is 5.73 Å². The van der Waals surface area contributed by atoms with Crippen LogP contribution >= 0.6 is 0 Å². The van der Waals surface area contributed by atoms with Gasteiger partial charge in [0.15, 0.2) is 0 Å². The summed E-state index contributed by atoms with van der Waals surface area (Å²) in [5, 5.41) is 0. The number of hydrogen-bond donors (Lipinski definition) is 1. The fourth-order valence-electron chi connectivity index (χ4n) is 1.47. The second-order valence-corrected chi connectivity index (χ2v) is 4.04. The lowest BCUT2D eigenvalue weighted by atomic mass is 10.1. The van der Waals surface area contributed by atoms with Crippen LogP contribution in [0.1, 0.15) is 22.8 Å². The molecule has 1 rings (SSSR count). The molecule has 1 amide bonds. The van der Waals surface area contributed by atoms with E-state index in [9.17, 15) is 18.0 Å². The van der Waals surface area contributed by atoms with Crippen LogP contribution in [0.3, 0.4) is 0 Å². The van der Waals surface area contributed by atoms with Gasteiger partial charge in [-0.2, -0.15) is 13.2 Å². The third-order valence-electron chi connectivity index (χ3n) is 2.79. The lowest BCUT2D eigenvalue weighted by molar-refractivity contribution is -0.138. The number of benzene rings is 1. The van der Waals surface area contributed by atoms with Crippen molar-refractivity contribution in [2.24, 2.45) is 5.73 Å². The number of carbonyl (C=O) groups excluding carboxylic acids is 1. The standard InChI is InChI=1S/C12H15F3N2O/c1-8(7-16)17(2)11(18)9-5-3-4-6-10(9)12(13,14)15/h3-6,8H,7,16H2,1-2H3. The van der Waals surface area contributed by atoms with Gasteiger partial charge in [0.05, 0.1) is 11.1 Å². The molecule has 1 atom stereocenters. The van der Waals surface area contributed by atoms with Crippen LogP contribution in [0.4, 0.5) is 13.2 Å². The van der Waals surface area contributed by atoms with Crippen molar-refractivity contribution < 1.29 is 18.0 Å². The minimum absolute atomic E-state index is 0.191. The number of rotatable bonds is 3. The van der Waals surface area contributed by atoms with Crippen LogP contribution in [0.2, 0.25) is 0 Å². The number of halogens is 3. The van der Waals surface area contributed by atoms with Gasteiger partial charge in [-0.05, 0) is 19.1 Å². The quantitative estimate of drug-likeness (QED) is 0.904. The second kappa shape index (κ2) is 5.39. The van der Waals surface area contributed by atoms with E-state index in [1.54, 1.807) is 6.92 Å². The zero-order chi connectivity index (χ0) is 13.9. The van der Waals surface area contributed by atoms with Crippen molar-refractivity contribution in [2.75, 3.05) is 13.6 Å². The van der Waals surface area contributed by atoms with Crippen LogP contribution in [0.5, 0.6) is 0 Å². The highest BCUT2D eigenvalue weighted by Gasteiger charge is 2.35. The van der Waals surface area contributed by atoms with Crippen molar-refractivity contribution in [3.05, 3.63) is 35.4 Å². The first kappa shape index (κ1) is 14.5. The number of alkyl halides is 3. The summed E-state index contributed by atoms with van der Waals surface area (Å²) >= 11 is 0. The average Bonchev–Trinajstić information content (AvgIpc) is 2.35. The van der Waals surface area contributed by atoms with E-state index in [-0.39, 0.29) is 18.2 Å². The Balaban J connectivity index is 3.14. The molecule has 1 unspecified atom stereocenters. The van der Waals surface area contributed by atoms with Gasteiger partial charge in [0.2, 0.25) is 0 Å². The number of likely N-dealkylation sites (N-methyl/N-ethyl adjacent to an activating group) is 1. The Bertz CT molecular complexity index is 432. The van der Waals surface area contributed by atoms with E-state index < -0.39 is 17.6 Å². The Morgan fingerprint density at radius 3 is 2.44 bits per heavy atom. The second-order valence-electron chi connectivity index (χ2n) is 4.04. The predicted molar refractivity (Wildman–Crippen MR) is 62.1 cm³/mol. The SMILES string of the molecule is CC(CN)N(C)C(=O)c1ccccc1C(F)(F)F. The van der Waals surface area contributed by atoms with Crippen molar-refractivity contribution in [1.29, 1.82) is 0 Å². The van der Waals surface area contributed by atoms with Gasteiger partial charge < -0.3 is 10.6 Å². The van der Waals surface area contributed by atoms with E-state index in [0.29, 0.717) is 0 Å². The van der Waals surface area contributed by atoms with Crippen molar-refractivity contribution >= 4 is 5.91 Å². The van der Waals surface area contributed by atoms with E-state index >= 15 is 0 Å². The number of carbonyl (C=O) groups is 1. The van der Waals surface area contributed by atoms with Crippen LogP contribution in [0.15, 0.2) is 24.3 Å². The monoisotopic (exact) mass is 260 g/mol. The molecule has 0 aliphatic rings. The van der Waals surface area contributed by atoms with E-state index in [1.165, 1.54) is 30.1 Å². The summed E-state index contributed by atoms with van der Waals surface area (Å²) in [4.78, 5) is 13.2. The maximum atomic E-state index is 12.8. The predicted octanol–water partition coefficient (Wildman–Crippen LogP) is 2.12. The summed E-state index contributed by atoms with van der Waals surface area (Å²) in [6.45, 7) is 1.87. The summed E-state index contributed by atoms with van der Waals surface area (Å²) < 4.78 is 38.3. The molecule has 0 aliphatic carbocycles. The van der Waals surface area contributed by atoms with Crippen LogP contribution in [-0.2, 0) is 6.18 Å². The van der Waals surface area contributed by atoms with Crippen LogP contribution < -0.4 is 5.73 Å². The maximum Gasteiger partial charge on any atom is 0.417 e. The first-order valence-corrected chi connectivity index (χ1v) is 5.42. The molecule has 18 heavy (non-hydrogen) atoms. The molecule has 2 N–H and O–H groups in total. The molecule has 0 bridgehead atoms. The third kappa shape index (κ3) is 3.01. The molecule has 0 spiro atoms. The van der Waals surface area contributed by atoms with Crippen LogP contribution in [-0.4, -0.2) is 30.4 Å². The molecule has 0 aliphatic heterocycles. The average molecular weight is 260 g/mol. The number of nitrogens with two attached hydrogens (primary N) is 1. The smallest absolute Gasteiger partial charge is 0.338 e. The zero-order valence-corrected chi connectivity index (χ0v) is 10.2. The molecular formula is C12H15F3N2O. The first-order valence-electron chi connectivity index (χ1n) is 5.42. The molecule has 0 aromatic heterocycles. The Hall–Kier alpha value is -1.56. The molecule has 0 radical (unpaired) electrons. The highest BCUT2D eigenvalue weighted by molar-refractivity contribution is 5.95. The molecule has 100 valence electrons. The topological polar surface area (TPSA) is 46.3 Å². The van der Waals surface area contributed by atoms with Gasteiger partial charge in [-0.1, -0.05) is 12.1 Å². The highest BCUT2D eigenvalue weighted by atomic mass is 19.4. The van der Waals surface area contributed by atoms with Gasteiger partial charge in [-0.15, -0.1) is 0 Å². The third-order valence-corrected chi connectivity index (χ3v) is 2.79. The molecule has 1 aromatic carbocycles. The highest BCUT2D eigenvalue weighted by Crippen LogP contribution is 2.32. The van der Waals surface area contributed by atoms with Gasteiger partial charge in [0.25, 0.3) is 5.91 Å². The molecule has 1 aromatic rings. The van der Waals surface area contributed by atoms with Crippen molar-refractivity contribution in [2.45, 2.75) is 19.1 Å². The summed E-state index contributed by atoms with van der Waals surface area (Å²) in [6.07, 6.45) is -4.54. The summed E-state index contributed by atoms with van der Waals surface area (Å²) in [7, 11) is 1.44. The van der Waals surface area contributed by atoms with Crippen LogP contribution in [0, 0.1) is 0 Å². The molecular weight excluding hydrogens is 245 g/mol. The molecule has 0 saturated heterocycles. The number of nitrogens with zero attached hydrogens (tertiary/aromatic N) is 1. The van der Waals surface area contributed by atoms with Gasteiger partial charge in [-0.25, -0.2) is 0 Å². The minimum Gasteiger partial charge on any atom is -0.338 e. The van der Waals surface area contributed by atoms with Crippen LogP contribution in [0.25, 0.3) is 0 Å². The Morgan fingerprint density at radius 1 is 1.39 bits per heavy atom. The van der Waals surface area contributed by atoms with Gasteiger partial charge in [0, 0.05) is 19.6 Å². The van der Waals surface area contributed by atoms with E-state index in [1.807, 2.05) is 0 Å². The van der Waals surface area contributed by atoms with Gasteiger partial charge >= 0.3 is 6.18 Å². The van der Waals surface area contributed by atoms with E-state index in [0.717, 1.165) is 6.07 Å². The van der Waals surface area contributed by atoms with E-state index in [2.05, 4.69) is 0 Å². The molecule has 6 heteroatoms. The Labute approximate surface area is 103 Å². The van der Waals surface area contributed by atoms with Crippen molar-refractivity contribution in [3.63, 3.8) is 0 Å². The molecule has 0 saturated carbocycles. The Morgan fingerprint density at radius 2 is 1.94 bits per heavy atom. The fraction of sp³-hybridized carbons (Fsp3) is 0.417. The first-order chi connectivity index (χ1) is 8.29. The lowest BCUT2D eigenvalue weighted by Gasteiger charge is -2.25. The fourth-order valence-corrected chi connectivity index (χ4v) is 1.47. The normalized spacial score (nSPS) is 13.2. The summed E-state index contributed by atoms with van der Waals surface area (Å²) in [6, 6.07) is 4.41. The molecule has 3 nitrogen and oxygen atoms in total. The maximum absolute atomic E-state index is 12.8. The Kier molecular flexibility index (Phi) is 4.34. The minimum atomic E-state index is -4.54. The van der Waals surface area contributed by atoms with Crippen molar-refractivity contribution in [1.82, 2.24) is 4.90 Å².